The van der Waals surface area contributed by atoms with E-state index in [1.807, 2.05) is 17.6 Å². The normalized spacial score (nSPS) is 17.0. The van der Waals surface area contributed by atoms with Crippen LogP contribution in [0.1, 0.15) is 27.7 Å². The van der Waals surface area contributed by atoms with Crippen LogP contribution in [-0.4, -0.2) is 41.5 Å². The van der Waals surface area contributed by atoms with E-state index < -0.39 is 0 Å². The number of amides is 1. The van der Waals surface area contributed by atoms with Crippen molar-refractivity contribution in [1.82, 2.24) is 15.2 Å². The van der Waals surface area contributed by atoms with Gasteiger partial charge in [0.25, 0.3) is 5.91 Å². The fourth-order valence-corrected chi connectivity index (χ4v) is 4.60. The Hall–Kier alpha value is -2.48. The first kappa shape index (κ1) is 21.7. The maximum atomic E-state index is 13.2. The van der Waals surface area contributed by atoms with Crippen molar-refractivity contribution in [3.63, 3.8) is 0 Å². The Balaban J connectivity index is 1.35. The van der Waals surface area contributed by atoms with Crippen molar-refractivity contribution in [2.75, 3.05) is 24.5 Å². The number of rotatable bonds is 6. The van der Waals surface area contributed by atoms with E-state index in [-0.39, 0.29) is 11.7 Å². The van der Waals surface area contributed by atoms with Crippen LogP contribution in [-0.2, 0) is 13.1 Å². The highest BCUT2D eigenvalue weighted by Crippen LogP contribution is 2.26. The van der Waals surface area contributed by atoms with E-state index in [1.54, 1.807) is 35.6 Å². The third-order valence-corrected chi connectivity index (χ3v) is 6.57. The molecule has 1 saturated heterocycles. The third kappa shape index (κ3) is 5.42. The summed E-state index contributed by atoms with van der Waals surface area (Å²) in [6, 6.07) is 13.9. The molecule has 5 nitrogen and oxygen atoms in total. The summed E-state index contributed by atoms with van der Waals surface area (Å²) in [5.74, 6) is 0.601. The second kappa shape index (κ2) is 9.77. The van der Waals surface area contributed by atoms with Gasteiger partial charge in [-0.3, -0.25) is 9.69 Å². The zero-order valence-electron chi connectivity index (χ0n) is 17.2. The predicted octanol–water partition coefficient (Wildman–Crippen LogP) is 4.58. The Morgan fingerprint density at radius 3 is 2.65 bits per heavy atom. The molecule has 4 rings (SSSR count). The molecule has 1 N–H and O–H groups in total. The van der Waals surface area contributed by atoms with Crippen molar-refractivity contribution in [3.05, 3.63) is 80.9 Å². The molecule has 1 unspecified atom stereocenters. The number of carbonyl (C=O) groups is 1. The van der Waals surface area contributed by atoms with Gasteiger partial charge in [-0.2, -0.15) is 0 Å². The average molecular weight is 459 g/mol. The Kier molecular flexibility index (Phi) is 6.85. The largest absolute Gasteiger partial charge is 0.353 e. The van der Waals surface area contributed by atoms with E-state index in [1.165, 1.54) is 12.1 Å². The van der Waals surface area contributed by atoms with Gasteiger partial charge in [0.1, 0.15) is 11.6 Å². The summed E-state index contributed by atoms with van der Waals surface area (Å²) < 4.78 is 13.2. The molecular formula is C23H24ClFN4OS. The first-order chi connectivity index (χ1) is 15.0. The van der Waals surface area contributed by atoms with Crippen LogP contribution in [0, 0.1) is 5.82 Å². The second-order valence-electron chi connectivity index (χ2n) is 7.68. The highest BCUT2D eigenvalue weighted by molar-refractivity contribution is 7.10. The van der Waals surface area contributed by atoms with Gasteiger partial charge in [0, 0.05) is 42.8 Å². The number of nitrogens with one attached hydrogen (secondary N) is 1. The van der Waals surface area contributed by atoms with Crippen molar-refractivity contribution in [2.24, 2.45) is 0 Å². The van der Waals surface area contributed by atoms with Crippen molar-refractivity contribution < 1.29 is 9.18 Å². The number of aromatic nitrogens is 1. The molecule has 0 aliphatic carbocycles. The molecule has 1 aliphatic rings. The lowest BCUT2D eigenvalue weighted by Crippen LogP contribution is -2.51. The van der Waals surface area contributed by atoms with Gasteiger partial charge in [0.05, 0.1) is 16.9 Å². The molecule has 31 heavy (non-hydrogen) atoms. The molecule has 1 fully saturated rings. The number of thiazole rings is 1. The zero-order valence-corrected chi connectivity index (χ0v) is 18.8. The summed E-state index contributed by atoms with van der Waals surface area (Å²) in [6.07, 6.45) is 0. The van der Waals surface area contributed by atoms with Crippen molar-refractivity contribution in [3.8, 4) is 0 Å². The Labute approximate surface area is 190 Å². The Morgan fingerprint density at radius 2 is 1.94 bits per heavy atom. The second-order valence-corrected chi connectivity index (χ2v) is 9.06. The maximum absolute atomic E-state index is 13.2. The topological polar surface area (TPSA) is 48.5 Å². The number of halogens is 2. The quantitative estimate of drug-likeness (QED) is 0.587. The van der Waals surface area contributed by atoms with E-state index in [4.69, 9.17) is 11.6 Å². The van der Waals surface area contributed by atoms with Crippen LogP contribution in [0.4, 0.5) is 10.2 Å². The molecule has 0 bridgehead atoms. The van der Waals surface area contributed by atoms with Gasteiger partial charge in [-0.15, -0.1) is 11.3 Å². The fourth-order valence-electron chi connectivity index (χ4n) is 3.75. The van der Waals surface area contributed by atoms with E-state index in [0.717, 1.165) is 42.4 Å². The smallest absolute Gasteiger partial charge is 0.251 e. The molecule has 1 amide bonds. The van der Waals surface area contributed by atoms with E-state index >= 15 is 0 Å². The van der Waals surface area contributed by atoms with Crippen LogP contribution in [0.5, 0.6) is 0 Å². The standard InChI is InChI=1S/C23H24ClFN4OS/c1-16-13-29(11-10-28(16)14-17-2-8-20(25)9-3-17)22-21(31-15-27-22)12-26-23(30)18-4-6-19(24)7-5-18/h2-9,15-16H,10-14H2,1H3,(H,26,30). The molecule has 3 aromatic rings. The minimum absolute atomic E-state index is 0.131. The summed E-state index contributed by atoms with van der Waals surface area (Å²) in [5, 5.41) is 3.58. The minimum atomic E-state index is -0.208. The van der Waals surface area contributed by atoms with Gasteiger partial charge >= 0.3 is 0 Å². The zero-order chi connectivity index (χ0) is 21.8. The lowest BCUT2D eigenvalue weighted by molar-refractivity contribution is 0.0951. The molecule has 0 radical (unpaired) electrons. The van der Waals surface area contributed by atoms with E-state index in [9.17, 15) is 9.18 Å². The van der Waals surface area contributed by atoms with Crippen LogP contribution >= 0.6 is 22.9 Å². The fraction of sp³-hybridized carbons (Fsp3) is 0.304. The molecule has 2 aromatic carbocycles. The SMILES string of the molecule is CC1CN(c2ncsc2CNC(=O)c2ccc(Cl)cc2)CCN1Cc1ccc(F)cc1. The number of benzene rings is 2. The Bertz CT molecular complexity index is 1020. The third-order valence-electron chi connectivity index (χ3n) is 5.50. The molecule has 2 heterocycles. The molecule has 1 aromatic heterocycles. The lowest BCUT2D eigenvalue weighted by Gasteiger charge is -2.40. The van der Waals surface area contributed by atoms with Gasteiger partial charge in [-0.25, -0.2) is 9.37 Å². The van der Waals surface area contributed by atoms with E-state index in [0.29, 0.717) is 23.2 Å². The highest BCUT2D eigenvalue weighted by atomic mass is 35.5. The Morgan fingerprint density at radius 1 is 1.19 bits per heavy atom. The highest BCUT2D eigenvalue weighted by Gasteiger charge is 2.26. The number of hydrogen-bond acceptors (Lipinski definition) is 5. The van der Waals surface area contributed by atoms with Gasteiger partial charge in [0.2, 0.25) is 0 Å². The van der Waals surface area contributed by atoms with Gasteiger partial charge in [-0.05, 0) is 48.9 Å². The first-order valence-electron chi connectivity index (χ1n) is 10.2. The lowest BCUT2D eigenvalue weighted by atomic mass is 10.1. The van der Waals surface area contributed by atoms with Gasteiger partial charge < -0.3 is 10.2 Å². The first-order valence-corrected chi connectivity index (χ1v) is 11.4. The van der Waals surface area contributed by atoms with Crippen molar-refractivity contribution in [2.45, 2.75) is 26.1 Å². The molecule has 8 heteroatoms. The minimum Gasteiger partial charge on any atom is -0.353 e. The predicted molar refractivity (Wildman–Crippen MR) is 123 cm³/mol. The molecule has 0 spiro atoms. The summed E-state index contributed by atoms with van der Waals surface area (Å²) in [7, 11) is 0. The molecular weight excluding hydrogens is 435 g/mol. The van der Waals surface area contributed by atoms with Crippen LogP contribution < -0.4 is 10.2 Å². The number of hydrogen-bond donors (Lipinski definition) is 1. The summed E-state index contributed by atoms with van der Waals surface area (Å²) in [6.45, 7) is 6.04. The van der Waals surface area contributed by atoms with Crippen LogP contribution in [0.15, 0.2) is 54.0 Å². The number of nitrogens with zero attached hydrogens (tertiary/aromatic N) is 3. The number of carbonyl (C=O) groups excluding carboxylic acids is 1. The number of piperazine rings is 1. The average Bonchev–Trinajstić information content (AvgIpc) is 3.24. The van der Waals surface area contributed by atoms with E-state index in [2.05, 4.69) is 27.0 Å². The summed E-state index contributed by atoms with van der Waals surface area (Å²) in [4.78, 5) is 22.7. The van der Waals surface area contributed by atoms with Crippen molar-refractivity contribution >= 4 is 34.7 Å². The van der Waals surface area contributed by atoms with Crippen LogP contribution in [0.25, 0.3) is 0 Å². The molecule has 1 atom stereocenters. The molecule has 1 aliphatic heterocycles. The number of anilines is 1. The maximum Gasteiger partial charge on any atom is 0.251 e. The summed E-state index contributed by atoms with van der Waals surface area (Å²) in [5.41, 5.74) is 3.52. The van der Waals surface area contributed by atoms with Gasteiger partial charge in [0.15, 0.2) is 0 Å². The van der Waals surface area contributed by atoms with Crippen molar-refractivity contribution in [1.29, 1.82) is 0 Å². The monoisotopic (exact) mass is 458 g/mol. The van der Waals surface area contributed by atoms with Crippen LogP contribution in [0.3, 0.4) is 0 Å². The summed E-state index contributed by atoms with van der Waals surface area (Å²) >= 11 is 7.44. The molecule has 0 saturated carbocycles. The molecule has 162 valence electrons. The van der Waals surface area contributed by atoms with Crippen LogP contribution in [0.2, 0.25) is 5.02 Å². The van der Waals surface area contributed by atoms with Gasteiger partial charge in [-0.1, -0.05) is 23.7 Å².